The number of anilines is 1. The van der Waals surface area contributed by atoms with Crippen LogP contribution in [-0.4, -0.2) is 23.3 Å². The van der Waals surface area contributed by atoms with Crippen LogP contribution in [0.15, 0.2) is 69.8 Å². The lowest BCUT2D eigenvalue weighted by atomic mass is 10.2. The molecule has 0 unspecified atom stereocenters. The molecule has 0 saturated heterocycles. The Bertz CT molecular complexity index is 1170. The smallest absolute Gasteiger partial charge is 0.291 e. The van der Waals surface area contributed by atoms with Gasteiger partial charge in [-0.1, -0.05) is 18.2 Å². The van der Waals surface area contributed by atoms with Gasteiger partial charge in [-0.05, 0) is 64.8 Å². The Morgan fingerprint density at radius 3 is 2.70 bits per heavy atom. The summed E-state index contributed by atoms with van der Waals surface area (Å²) in [5.74, 6) is -0.378. The molecule has 30 heavy (non-hydrogen) atoms. The molecule has 0 saturated carbocycles. The number of hydrogen-bond donors (Lipinski definition) is 2. The predicted molar refractivity (Wildman–Crippen MR) is 121 cm³/mol. The standard InChI is InChI=1S/C22H18BrN3O3S/c23-19-11-10-17(29-19)22(28)25-15-6-3-5-14(13-15)21(27)24-12-4-9-20-26-16-7-1-2-8-18(16)30-20/h1-3,5-8,10-11,13H,4,9,12H2,(H,24,27)(H,25,28). The van der Waals surface area contributed by atoms with Crippen LogP contribution in [0, 0.1) is 0 Å². The van der Waals surface area contributed by atoms with Gasteiger partial charge >= 0.3 is 0 Å². The average Bonchev–Trinajstić information content (AvgIpc) is 3.37. The van der Waals surface area contributed by atoms with E-state index in [9.17, 15) is 9.59 Å². The highest BCUT2D eigenvalue weighted by molar-refractivity contribution is 9.10. The van der Waals surface area contributed by atoms with Gasteiger partial charge in [0, 0.05) is 24.2 Å². The van der Waals surface area contributed by atoms with Gasteiger partial charge in [-0.25, -0.2) is 4.98 Å². The summed E-state index contributed by atoms with van der Waals surface area (Å²) in [4.78, 5) is 29.2. The zero-order valence-corrected chi connectivity index (χ0v) is 18.3. The van der Waals surface area contributed by atoms with Gasteiger partial charge in [0.2, 0.25) is 0 Å². The second-order valence-corrected chi connectivity index (χ2v) is 8.47. The number of para-hydroxylation sites is 1. The van der Waals surface area contributed by atoms with E-state index in [0.717, 1.165) is 23.4 Å². The van der Waals surface area contributed by atoms with Crippen molar-refractivity contribution in [3.8, 4) is 0 Å². The lowest BCUT2D eigenvalue weighted by Gasteiger charge is -2.07. The number of aromatic nitrogens is 1. The predicted octanol–water partition coefficient (Wildman–Crippen LogP) is 5.27. The van der Waals surface area contributed by atoms with Crippen LogP contribution in [0.4, 0.5) is 5.69 Å². The number of nitrogens with zero attached hydrogens (tertiary/aromatic N) is 1. The fraction of sp³-hybridized carbons (Fsp3) is 0.136. The van der Waals surface area contributed by atoms with E-state index >= 15 is 0 Å². The van der Waals surface area contributed by atoms with Crippen LogP contribution in [-0.2, 0) is 6.42 Å². The highest BCUT2D eigenvalue weighted by atomic mass is 79.9. The van der Waals surface area contributed by atoms with Crippen molar-refractivity contribution in [3.05, 3.63) is 81.7 Å². The molecule has 2 aromatic heterocycles. The molecule has 0 bridgehead atoms. The summed E-state index contributed by atoms with van der Waals surface area (Å²) >= 11 is 4.85. The molecule has 2 N–H and O–H groups in total. The fourth-order valence-electron chi connectivity index (χ4n) is 2.94. The maximum absolute atomic E-state index is 12.4. The van der Waals surface area contributed by atoms with Crippen molar-refractivity contribution in [3.63, 3.8) is 0 Å². The molecule has 0 spiro atoms. The Morgan fingerprint density at radius 2 is 1.90 bits per heavy atom. The van der Waals surface area contributed by atoms with E-state index < -0.39 is 0 Å². The zero-order chi connectivity index (χ0) is 20.9. The second-order valence-electron chi connectivity index (χ2n) is 6.57. The number of carbonyl (C=O) groups is 2. The number of hydrogen-bond acceptors (Lipinski definition) is 5. The summed E-state index contributed by atoms with van der Waals surface area (Å²) in [6.07, 6.45) is 1.61. The molecule has 0 radical (unpaired) electrons. The molecule has 8 heteroatoms. The quantitative estimate of drug-likeness (QED) is 0.350. The number of benzene rings is 2. The van der Waals surface area contributed by atoms with E-state index in [1.807, 2.05) is 18.2 Å². The summed E-state index contributed by atoms with van der Waals surface area (Å²) < 4.78 is 6.89. The summed E-state index contributed by atoms with van der Waals surface area (Å²) in [5.41, 5.74) is 2.02. The summed E-state index contributed by atoms with van der Waals surface area (Å²) in [5, 5.41) is 6.72. The van der Waals surface area contributed by atoms with E-state index in [1.165, 1.54) is 4.70 Å². The topological polar surface area (TPSA) is 84.2 Å². The molecule has 152 valence electrons. The first-order valence-corrected chi connectivity index (χ1v) is 11.0. The summed E-state index contributed by atoms with van der Waals surface area (Å²) in [7, 11) is 0. The molecular formula is C22H18BrN3O3S. The van der Waals surface area contributed by atoms with Gasteiger partial charge in [0.1, 0.15) is 0 Å². The first-order valence-electron chi connectivity index (χ1n) is 9.38. The molecule has 0 aliphatic carbocycles. The van der Waals surface area contributed by atoms with Gasteiger partial charge < -0.3 is 15.1 Å². The normalized spacial score (nSPS) is 10.8. The summed E-state index contributed by atoms with van der Waals surface area (Å²) in [6, 6.07) is 18.1. The molecule has 0 fully saturated rings. The molecular weight excluding hydrogens is 466 g/mol. The molecule has 0 aliphatic rings. The largest absolute Gasteiger partial charge is 0.444 e. The van der Waals surface area contributed by atoms with Crippen molar-refractivity contribution < 1.29 is 14.0 Å². The highest BCUT2D eigenvalue weighted by Gasteiger charge is 2.12. The lowest BCUT2D eigenvalue weighted by molar-refractivity contribution is 0.0951. The Balaban J connectivity index is 1.29. The highest BCUT2D eigenvalue weighted by Crippen LogP contribution is 2.22. The minimum atomic E-state index is -0.380. The van der Waals surface area contributed by atoms with Gasteiger partial charge in [-0.3, -0.25) is 9.59 Å². The third-order valence-corrected chi connectivity index (χ3v) is 5.89. The maximum atomic E-state index is 12.4. The van der Waals surface area contributed by atoms with Crippen LogP contribution in [0.25, 0.3) is 10.2 Å². The van der Waals surface area contributed by atoms with Gasteiger partial charge in [0.25, 0.3) is 11.8 Å². The number of carbonyl (C=O) groups excluding carboxylic acids is 2. The number of amides is 2. The maximum Gasteiger partial charge on any atom is 0.291 e. The first-order chi connectivity index (χ1) is 14.6. The molecule has 4 aromatic rings. The van der Waals surface area contributed by atoms with E-state index in [4.69, 9.17) is 4.42 Å². The number of rotatable bonds is 7. The van der Waals surface area contributed by atoms with Crippen molar-refractivity contribution in [2.45, 2.75) is 12.8 Å². The van der Waals surface area contributed by atoms with Gasteiger partial charge in [0.15, 0.2) is 10.4 Å². The van der Waals surface area contributed by atoms with Crippen molar-refractivity contribution in [1.29, 1.82) is 0 Å². The van der Waals surface area contributed by atoms with E-state index in [0.29, 0.717) is 22.5 Å². The third kappa shape index (κ3) is 4.95. The zero-order valence-electron chi connectivity index (χ0n) is 15.9. The minimum Gasteiger partial charge on any atom is -0.444 e. The molecule has 2 amide bonds. The van der Waals surface area contributed by atoms with Gasteiger partial charge in [-0.15, -0.1) is 11.3 Å². The third-order valence-electron chi connectivity index (χ3n) is 4.37. The second kappa shape index (κ2) is 9.23. The van der Waals surface area contributed by atoms with Crippen LogP contribution in [0.2, 0.25) is 0 Å². The van der Waals surface area contributed by atoms with Crippen LogP contribution < -0.4 is 10.6 Å². The fourth-order valence-corrected chi connectivity index (χ4v) is 4.25. The number of fused-ring (bicyclic) bond motifs is 1. The SMILES string of the molecule is O=C(NCCCc1nc2ccccc2s1)c1cccc(NC(=O)c2ccc(Br)o2)c1. The molecule has 0 atom stereocenters. The number of halogens is 1. The van der Waals surface area contributed by atoms with Gasteiger partial charge in [-0.2, -0.15) is 0 Å². The monoisotopic (exact) mass is 483 g/mol. The average molecular weight is 484 g/mol. The van der Waals surface area contributed by atoms with Crippen molar-refractivity contribution in [2.75, 3.05) is 11.9 Å². The number of thiazole rings is 1. The van der Waals surface area contributed by atoms with Crippen LogP contribution in [0.5, 0.6) is 0 Å². The summed E-state index contributed by atoms with van der Waals surface area (Å²) in [6.45, 7) is 0.547. The molecule has 0 aliphatic heterocycles. The van der Waals surface area contributed by atoms with Crippen molar-refractivity contribution >= 4 is 55.0 Å². The Hall–Kier alpha value is -2.97. The van der Waals surface area contributed by atoms with Crippen LogP contribution >= 0.6 is 27.3 Å². The number of furan rings is 1. The molecule has 6 nitrogen and oxygen atoms in total. The molecule has 4 rings (SSSR count). The lowest BCUT2D eigenvalue weighted by Crippen LogP contribution is -2.25. The van der Waals surface area contributed by atoms with Crippen LogP contribution in [0.3, 0.4) is 0 Å². The van der Waals surface area contributed by atoms with E-state index in [1.54, 1.807) is 47.7 Å². The Morgan fingerprint density at radius 1 is 1.03 bits per heavy atom. The number of nitrogens with one attached hydrogen (secondary N) is 2. The number of aryl methyl sites for hydroxylation is 1. The van der Waals surface area contributed by atoms with E-state index in [2.05, 4.69) is 37.6 Å². The Labute approximate surface area is 185 Å². The van der Waals surface area contributed by atoms with Crippen LogP contribution in [0.1, 0.15) is 32.3 Å². The van der Waals surface area contributed by atoms with E-state index in [-0.39, 0.29) is 17.6 Å². The first kappa shape index (κ1) is 20.3. The van der Waals surface area contributed by atoms with Gasteiger partial charge in [0.05, 0.1) is 15.2 Å². The van der Waals surface area contributed by atoms with Crippen molar-refractivity contribution in [2.24, 2.45) is 0 Å². The Kier molecular flexibility index (Phi) is 6.25. The minimum absolute atomic E-state index is 0.184. The molecule has 2 aromatic carbocycles. The van der Waals surface area contributed by atoms with Crippen molar-refractivity contribution in [1.82, 2.24) is 10.3 Å². The molecule has 2 heterocycles.